The Morgan fingerprint density at radius 2 is 2.05 bits per heavy atom. The minimum atomic E-state index is -1.57. The van der Waals surface area contributed by atoms with Gasteiger partial charge in [-0.15, -0.1) is 0 Å². The zero-order valence-electron chi connectivity index (χ0n) is 10.9. The zero-order valence-corrected chi connectivity index (χ0v) is 10.9. The molecule has 2 N–H and O–H groups in total. The van der Waals surface area contributed by atoms with Crippen molar-refractivity contribution in [2.45, 2.75) is 13.3 Å². The number of halogens is 2. The first kappa shape index (κ1) is 16.5. The third-order valence-corrected chi connectivity index (χ3v) is 2.63. The minimum absolute atomic E-state index is 0.132. The van der Waals surface area contributed by atoms with Crippen LogP contribution in [0.1, 0.15) is 23.7 Å². The number of carboxylic acids is 1. The molecule has 0 bridgehead atoms. The molecule has 0 aliphatic rings. The minimum Gasteiger partial charge on any atom is -0.481 e. The first-order valence-electron chi connectivity index (χ1n) is 5.86. The number of amides is 1. The van der Waals surface area contributed by atoms with Gasteiger partial charge in [-0.2, -0.15) is 4.39 Å². The van der Waals surface area contributed by atoms with Gasteiger partial charge in [0, 0.05) is 19.0 Å². The van der Waals surface area contributed by atoms with E-state index < -0.39 is 45.6 Å². The summed E-state index contributed by atoms with van der Waals surface area (Å²) in [7, 11) is 0. The molecule has 0 spiro atoms. The Morgan fingerprint density at radius 1 is 1.43 bits per heavy atom. The second-order valence-corrected chi connectivity index (χ2v) is 4.43. The molecule has 0 aromatic heterocycles. The normalized spacial score (nSPS) is 11.8. The van der Waals surface area contributed by atoms with Crippen molar-refractivity contribution in [1.82, 2.24) is 5.32 Å². The highest BCUT2D eigenvalue weighted by molar-refractivity contribution is 5.95. The van der Waals surface area contributed by atoms with E-state index in [9.17, 15) is 28.5 Å². The van der Waals surface area contributed by atoms with Gasteiger partial charge in [-0.25, -0.2) is 4.39 Å². The Labute approximate surface area is 117 Å². The Hall–Kier alpha value is -2.58. The van der Waals surface area contributed by atoms with Crippen molar-refractivity contribution in [2.24, 2.45) is 5.92 Å². The van der Waals surface area contributed by atoms with E-state index in [1.54, 1.807) is 0 Å². The van der Waals surface area contributed by atoms with Gasteiger partial charge in [0.25, 0.3) is 5.91 Å². The van der Waals surface area contributed by atoms with Gasteiger partial charge in [0.15, 0.2) is 0 Å². The van der Waals surface area contributed by atoms with E-state index in [-0.39, 0.29) is 13.0 Å². The molecule has 0 aliphatic heterocycles. The lowest BCUT2D eigenvalue weighted by molar-refractivity contribution is -0.387. The molecule has 0 aliphatic carbocycles. The molecule has 1 aromatic carbocycles. The van der Waals surface area contributed by atoms with Gasteiger partial charge in [0.2, 0.25) is 5.82 Å². The van der Waals surface area contributed by atoms with Gasteiger partial charge in [0.1, 0.15) is 11.4 Å². The van der Waals surface area contributed by atoms with Crippen molar-refractivity contribution in [2.75, 3.05) is 6.54 Å². The lowest BCUT2D eigenvalue weighted by atomic mass is 10.1. The van der Waals surface area contributed by atoms with E-state index in [0.717, 1.165) is 0 Å². The molecule has 1 atom stereocenters. The maximum Gasteiger partial charge on any atom is 0.305 e. The summed E-state index contributed by atoms with van der Waals surface area (Å²) in [4.78, 5) is 31.6. The standard InChI is InChI=1S/C12H12F2N2O5/c1-6(4-9(17)18)5-15-12(19)10-7(13)2-3-8(11(10)14)16(20)21/h2-3,6H,4-5H2,1H3,(H,15,19)(H,17,18). The number of hydrogen-bond acceptors (Lipinski definition) is 4. The first-order chi connectivity index (χ1) is 9.73. The highest BCUT2D eigenvalue weighted by atomic mass is 19.1. The molecule has 1 amide bonds. The maximum atomic E-state index is 13.7. The van der Waals surface area contributed by atoms with Gasteiger partial charge in [-0.1, -0.05) is 6.92 Å². The molecule has 9 heteroatoms. The Balaban J connectivity index is 2.90. The van der Waals surface area contributed by atoms with Crippen molar-refractivity contribution in [3.63, 3.8) is 0 Å². The van der Waals surface area contributed by atoms with Crippen molar-refractivity contribution in [3.05, 3.63) is 39.4 Å². The molecule has 1 rings (SSSR count). The molecule has 114 valence electrons. The Bertz CT molecular complexity index is 591. The summed E-state index contributed by atoms with van der Waals surface area (Å²) in [6.45, 7) is 1.39. The predicted octanol–water partition coefficient (Wildman–Crippen LogP) is 1.71. The Morgan fingerprint density at radius 3 is 2.57 bits per heavy atom. The molecule has 1 aromatic rings. The number of carbonyl (C=O) groups excluding carboxylic acids is 1. The number of carbonyl (C=O) groups is 2. The van der Waals surface area contributed by atoms with E-state index in [0.29, 0.717) is 12.1 Å². The fourth-order valence-electron chi connectivity index (χ4n) is 1.62. The van der Waals surface area contributed by atoms with Crippen molar-refractivity contribution >= 4 is 17.6 Å². The summed E-state index contributed by atoms with van der Waals surface area (Å²) < 4.78 is 27.2. The van der Waals surface area contributed by atoms with Crippen LogP contribution in [-0.4, -0.2) is 28.5 Å². The van der Waals surface area contributed by atoms with Gasteiger partial charge in [-0.3, -0.25) is 19.7 Å². The fourth-order valence-corrected chi connectivity index (χ4v) is 1.62. The molecule has 7 nitrogen and oxygen atoms in total. The highest BCUT2D eigenvalue weighted by Gasteiger charge is 2.26. The van der Waals surface area contributed by atoms with Crippen LogP contribution < -0.4 is 5.32 Å². The molecule has 1 unspecified atom stereocenters. The lowest BCUT2D eigenvalue weighted by Gasteiger charge is -2.11. The van der Waals surface area contributed by atoms with Gasteiger partial charge in [0.05, 0.1) is 4.92 Å². The van der Waals surface area contributed by atoms with Crippen LogP contribution in [0.15, 0.2) is 12.1 Å². The molecular weight excluding hydrogens is 290 g/mol. The smallest absolute Gasteiger partial charge is 0.305 e. The fraction of sp³-hybridized carbons (Fsp3) is 0.333. The first-order valence-corrected chi connectivity index (χ1v) is 5.86. The average Bonchev–Trinajstić information content (AvgIpc) is 2.35. The number of nitrogens with zero attached hydrogens (tertiary/aromatic N) is 1. The third-order valence-electron chi connectivity index (χ3n) is 2.63. The monoisotopic (exact) mass is 302 g/mol. The van der Waals surface area contributed by atoms with E-state index in [1.165, 1.54) is 6.92 Å². The molecule has 21 heavy (non-hydrogen) atoms. The second-order valence-electron chi connectivity index (χ2n) is 4.43. The van der Waals surface area contributed by atoms with E-state index >= 15 is 0 Å². The maximum absolute atomic E-state index is 13.7. The van der Waals surface area contributed by atoms with Crippen molar-refractivity contribution in [3.8, 4) is 0 Å². The summed E-state index contributed by atoms with van der Waals surface area (Å²) in [5.41, 5.74) is -2.08. The predicted molar refractivity (Wildman–Crippen MR) is 66.8 cm³/mol. The second kappa shape index (κ2) is 6.73. The average molecular weight is 302 g/mol. The number of nitro benzene ring substituents is 1. The van der Waals surface area contributed by atoms with Crippen LogP contribution in [0.4, 0.5) is 14.5 Å². The van der Waals surface area contributed by atoms with Crippen LogP contribution in [0.5, 0.6) is 0 Å². The zero-order chi connectivity index (χ0) is 16.2. The number of rotatable bonds is 6. The molecule has 0 fully saturated rings. The number of carboxylic acid groups (broad SMARTS) is 1. The molecule has 0 radical (unpaired) electrons. The summed E-state index contributed by atoms with van der Waals surface area (Å²) in [5, 5.41) is 21.2. The molecule has 0 saturated carbocycles. The Kier molecular flexibility index (Phi) is 5.28. The summed E-state index contributed by atoms with van der Waals surface area (Å²) in [6.07, 6.45) is -0.236. The number of benzene rings is 1. The van der Waals surface area contributed by atoms with Crippen LogP contribution in [0.3, 0.4) is 0 Å². The van der Waals surface area contributed by atoms with Crippen LogP contribution in [0.25, 0.3) is 0 Å². The van der Waals surface area contributed by atoms with Gasteiger partial charge in [-0.05, 0) is 12.0 Å². The molecular formula is C12H12F2N2O5. The third kappa shape index (κ3) is 4.20. The van der Waals surface area contributed by atoms with E-state index in [2.05, 4.69) is 5.32 Å². The topological polar surface area (TPSA) is 110 Å². The van der Waals surface area contributed by atoms with Crippen molar-refractivity contribution in [1.29, 1.82) is 0 Å². The lowest BCUT2D eigenvalue weighted by Crippen LogP contribution is -2.30. The van der Waals surface area contributed by atoms with Gasteiger partial charge >= 0.3 is 11.7 Å². The summed E-state index contributed by atoms with van der Waals surface area (Å²) in [6, 6.07) is 1.24. The van der Waals surface area contributed by atoms with E-state index in [4.69, 9.17) is 5.11 Å². The summed E-state index contributed by atoms with van der Waals surface area (Å²) >= 11 is 0. The number of hydrogen-bond donors (Lipinski definition) is 2. The SMILES string of the molecule is CC(CNC(=O)c1c(F)ccc([N+](=O)[O-])c1F)CC(=O)O. The highest BCUT2D eigenvalue weighted by Crippen LogP contribution is 2.23. The molecule has 0 heterocycles. The summed E-state index contributed by atoms with van der Waals surface area (Å²) in [5.74, 6) is -5.52. The van der Waals surface area contributed by atoms with Crippen LogP contribution in [-0.2, 0) is 4.79 Å². The van der Waals surface area contributed by atoms with Gasteiger partial charge < -0.3 is 10.4 Å². The molecule has 0 saturated heterocycles. The van der Waals surface area contributed by atoms with Crippen LogP contribution in [0.2, 0.25) is 0 Å². The van der Waals surface area contributed by atoms with Crippen LogP contribution >= 0.6 is 0 Å². The van der Waals surface area contributed by atoms with Crippen molar-refractivity contribution < 1.29 is 28.4 Å². The largest absolute Gasteiger partial charge is 0.481 e. The van der Waals surface area contributed by atoms with Crippen LogP contribution in [0, 0.1) is 27.7 Å². The number of nitro groups is 1. The van der Waals surface area contributed by atoms with E-state index in [1.807, 2.05) is 0 Å². The quantitative estimate of drug-likeness (QED) is 0.614. The number of nitrogens with one attached hydrogen (secondary N) is 1. The number of aliphatic carboxylic acids is 1.